The molecule has 0 saturated carbocycles. The number of nitrogens with two attached hydrogens (primary N) is 1. The number of ether oxygens (including phenoxy) is 2. The highest BCUT2D eigenvalue weighted by molar-refractivity contribution is 6.30. The molecule has 1 amide bonds. The van der Waals surface area contributed by atoms with Gasteiger partial charge in [0, 0.05) is 84.1 Å². The van der Waals surface area contributed by atoms with Gasteiger partial charge >= 0.3 is 0 Å². The number of nitrogen functional groups attached to an aromatic ring is 1. The molecule has 2 saturated heterocycles. The first kappa shape index (κ1) is 34.0. The van der Waals surface area contributed by atoms with E-state index in [0.29, 0.717) is 61.5 Å². The number of morpholine rings is 2. The third kappa shape index (κ3) is 7.44. The monoisotopic (exact) mass is 684 g/mol. The molecule has 11 nitrogen and oxygen atoms in total. The zero-order valence-electron chi connectivity index (χ0n) is 27.8. The third-order valence-corrected chi connectivity index (χ3v) is 9.16. The Morgan fingerprint density at radius 2 is 1.20 bits per heavy atom. The van der Waals surface area contributed by atoms with Crippen LogP contribution in [-0.4, -0.2) is 67.6 Å². The predicted molar refractivity (Wildman–Crippen MR) is 198 cm³/mol. The van der Waals surface area contributed by atoms with Crippen LogP contribution in [0.15, 0.2) is 82.4 Å². The van der Waals surface area contributed by atoms with Gasteiger partial charge in [0.25, 0.3) is 17.0 Å². The van der Waals surface area contributed by atoms with Crippen molar-refractivity contribution in [3.8, 4) is 0 Å². The summed E-state index contributed by atoms with van der Waals surface area (Å²) < 4.78 is 14.3. The van der Waals surface area contributed by atoms with Crippen molar-refractivity contribution < 1.29 is 14.3 Å². The largest absolute Gasteiger partial charge is 0.399 e. The van der Waals surface area contributed by atoms with Crippen molar-refractivity contribution >= 4 is 62.1 Å². The number of hydrogen-bond acceptors (Lipinski definition) is 8. The van der Waals surface area contributed by atoms with Gasteiger partial charge in [-0.2, -0.15) is 0 Å². The quantitative estimate of drug-likeness (QED) is 0.234. The van der Waals surface area contributed by atoms with E-state index < -0.39 is 0 Å². The molecule has 0 aliphatic carbocycles. The Morgan fingerprint density at radius 3 is 1.71 bits per heavy atom. The molecule has 0 unspecified atom stereocenters. The molecule has 2 fully saturated rings. The first-order valence-corrected chi connectivity index (χ1v) is 17.0. The lowest BCUT2D eigenvalue weighted by atomic mass is 10.1. The second-order valence-electron chi connectivity index (χ2n) is 11.9. The smallest absolute Gasteiger partial charge is 0.255 e. The highest BCUT2D eigenvalue weighted by Crippen LogP contribution is 2.30. The van der Waals surface area contributed by atoms with Gasteiger partial charge in [0.05, 0.1) is 48.8 Å². The highest BCUT2D eigenvalue weighted by atomic mass is 35.5. The van der Waals surface area contributed by atoms with Gasteiger partial charge in [-0.25, -0.2) is 0 Å². The molecule has 0 atom stereocenters. The molecule has 4 heterocycles. The molecule has 5 aromatic rings. The number of nitrogens with zero attached hydrogens (tertiary/aromatic N) is 4. The van der Waals surface area contributed by atoms with E-state index in [9.17, 15) is 14.4 Å². The summed E-state index contributed by atoms with van der Waals surface area (Å²) in [6.45, 7) is 10.9. The summed E-state index contributed by atoms with van der Waals surface area (Å²) in [6.07, 6.45) is 0. The number of aromatic nitrogens is 2. The van der Waals surface area contributed by atoms with Crippen LogP contribution < -0.4 is 32.0 Å². The average molecular weight is 685 g/mol. The molecule has 0 radical (unpaired) electrons. The second-order valence-corrected chi connectivity index (χ2v) is 12.3. The molecule has 2 aliphatic rings. The minimum Gasteiger partial charge on any atom is -0.399 e. The van der Waals surface area contributed by atoms with Crippen LogP contribution in [0.2, 0.25) is 5.02 Å². The number of anilines is 4. The number of carbonyl (C=O) groups excluding carboxylic acids is 1. The van der Waals surface area contributed by atoms with E-state index in [1.165, 1.54) is 0 Å². The lowest BCUT2D eigenvalue weighted by molar-refractivity contribution is 0.102. The molecule has 12 heteroatoms. The van der Waals surface area contributed by atoms with Crippen LogP contribution in [0.25, 0.3) is 21.8 Å². The normalized spacial score (nSPS) is 14.8. The molecule has 0 spiro atoms. The van der Waals surface area contributed by atoms with Crippen LogP contribution in [0.5, 0.6) is 0 Å². The summed E-state index contributed by atoms with van der Waals surface area (Å²) in [5, 5.41) is 5.49. The number of aryl methyl sites for hydroxylation is 2. The number of nitrogens with one attached hydrogen (secondary N) is 1. The van der Waals surface area contributed by atoms with E-state index in [0.717, 1.165) is 59.4 Å². The predicted octanol–water partition coefficient (Wildman–Crippen LogP) is 5.20. The van der Waals surface area contributed by atoms with Crippen LogP contribution >= 0.6 is 11.6 Å². The Labute approximate surface area is 289 Å². The standard InChI is InChI=1S/C22H22ClN3O3.C15H19N3O2/c1-2-26-19-8-7-17(24-22(28)15-3-5-16(23)6-4-15)13-18(19)20(14-21(26)27)25-9-11-29-12-10-25;1-2-18-13-4-3-11(16)9-12(13)14(10-15(18)19)17-5-7-20-8-6-17/h3-8,13-14H,2,9-12H2,1H3,(H,24,28);3-4,9-10H,2,5-8,16H2,1H3. The number of benzene rings is 3. The van der Waals surface area contributed by atoms with Gasteiger partial charge < -0.3 is 39.5 Å². The van der Waals surface area contributed by atoms with Crippen LogP contribution in [0.4, 0.5) is 22.7 Å². The molecule has 3 N–H and O–H groups in total. The van der Waals surface area contributed by atoms with Crippen molar-refractivity contribution in [3.05, 3.63) is 104 Å². The average Bonchev–Trinajstić information content (AvgIpc) is 3.12. The van der Waals surface area contributed by atoms with Gasteiger partial charge in [-0.15, -0.1) is 0 Å². The van der Waals surface area contributed by atoms with Gasteiger partial charge in [0.1, 0.15) is 0 Å². The topological polar surface area (TPSA) is 124 Å². The Bertz CT molecular complexity index is 2080. The zero-order chi connectivity index (χ0) is 34.5. The number of halogens is 1. The molecule has 0 bridgehead atoms. The molecule has 2 aromatic heterocycles. The van der Waals surface area contributed by atoms with Crippen LogP contribution in [0.3, 0.4) is 0 Å². The van der Waals surface area contributed by atoms with E-state index in [4.69, 9.17) is 26.8 Å². The second kappa shape index (κ2) is 15.1. The van der Waals surface area contributed by atoms with Gasteiger partial charge in [-0.1, -0.05) is 11.6 Å². The van der Waals surface area contributed by atoms with Crippen molar-refractivity contribution in [1.82, 2.24) is 9.13 Å². The van der Waals surface area contributed by atoms with Crippen LogP contribution in [-0.2, 0) is 22.6 Å². The summed E-state index contributed by atoms with van der Waals surface area (Å²) in [6, 6.07) is 21.5. The zero-order valence-corrected chi connectivity index (χ0v) is 28.5. The highest BCUT2D eigenvalue weighted by Gasteiger charge is 2.19. The maximum absolute atomic E-state index is 12.6. The summed E-state index contributed by atoms with van der Waals surface area (Å²) in [5.41, 5.74) is 11.5. The summed E-state index contributed by atoms with van der Waals surface area (Å²) in [5.74, 6) is -0.210. The first-order chi connectivity index (χ1) is 23.8. The van der Waals surface area contributed by atoms with Crippen molar-refractivity contribution in [3.63, 3.8) is 0 Å². The number of pyridine rings is 2. The maximum atomic E-state index is 12.6. The lowest BCUT2D eigenvalue weighted by Gasteiger charge is -2.30. The van der Waals surface area contributed by atoms with E-state index in [2.05, 4.69) is 15.1 Å². The van der Waals surface area contributed by atoms with Gasteiger partial charge in [0.15, 0.2) is 0 Å². The third-order valence-electron chi connectivity index (χ3n) is 8.90. The van der Waals surface area contributed by atoms with Crippen molar-refractivity contribution in [1.29, 1.82) is 0 Å². The Morgan fingerprint density at radius 1 is 0.714 bits per heavy atom. The van der Waals surface area contributed by atoms with Crippen molar-refractivity contribution in [2.45, 2.75) is 26.9 Å². The van der Waals surface area contributed by atoms with Crippen molar-refractivity contribution in [2.24, 2.45) is 0 Å². The molecule has 2 aliphatic heterocycles. The number of hydrogen-bond donors (Lipinski definition) is 2. The van der Waals surface area contributed by atoms with E-state index in [-0.39, 0.29) is 17.0 Å². The van der Waals surface area contributed by atoms with Gasteiger partial charge in [-0.05, 0) is 74.5 Å². The number of amides is 1. The number of fused-ring (bicyclic) bond motifs is 2. The minimum absolute atomic E-state index is 0.0283. The minimum atomic E-state index is -0.210. The first-order valence-electron chi connectivity index (χ1n) is 16.6. The van der Waals surface area contributed by atoms with E-state index in [1.54, 1.807) is 45.5 Å². The summed E-state index contributed by atoms with van der Waals surface area (Å²) in [4.78, 5) is 41.9. The Balaban J connectivity index is 0.000000182. The SMILES string of the molecule is CCn1c(=O)cc(N2CCOCC2)c2cc(N)ccc21.CCn1c(=O)cc(N2CCOCC2)c2cc(NC(=O)c3ccc(Cl)cc3)ccc21. The van der Waals surface area contributed by atoms with Gasteiger partial charge in [0.2, 0.25) is 0 Å². The summed E-state index contributed by atoms with van der Waals surface area (Å²) in [7, 11) is 0. The van der Waals surface area contributed by atoms with E-state index >= 15 is 0 Å². The fourth-order valence-electron chi connectivity index (χ4n) is 6.42. The molecule has 256 valence electrons. The fraction of sp³-hybridized carbons (Fsp3) is 0.324. The van der Waals surface area contributed by atoms with E-state index in [1.807, 2.05) is 50.2 Å². The maximum Gasteiger partial charge on any atom is 0.255 e. The van der Waals surface area contributed by atoms with Crippen molar-refractivity contribution in [2.75, 3.05) is 73.5 Å². The molecular weight excluding hydrogens is 644 g/mol. The lowest BCUT2D eigenvalue weighted by Crippen LogP contribution is -2.37. The Kier molecular flexibility index (Phi) is 10.5. The molecule has 7 rings (SSSR count). The molecular formula is C37H41ClN6O5. The van der Waals surface area contributed by atoms with Crippen LogP contribution in [0.1, 0.15) is 24.2 Å². The Hall–Kier alpha value is -4.84. The summed E-state index contributed by atoms with van der Waals surface area (Å²) >= 11 is 5.90. The number of rotatable bonds is 6. The molecule has 49 heavy (non-hydrogen) atoms. The number of carbonyl (C=O) groups is 1. The van der Waals surface area contributed by atoms with Crippen LogP contribution in [0, 0.1) is 0 Å². The van der Waals surface area contributed by atoms with Gasteiger partial charge in [-0.3, -0.25) is 14.4 Å². The molecule has 3 aromatic carbocycles. The fourth-order valence-corrected chi connectivity index (χ4v) is 6.55.